The molecule has 0 unspecified atom stereocenters. The summed E-state index contributed by atoms with van der Waals surface area (Å²) >= 11 is 0. The summed E-state index contributed by atoms with van der Waals surface area (Å²) in [5, 5.41) is 6.20. The molecular formula is C18H23N3O6S. The summed E-state index contributed by atoms with van der Waals surface area (Å²) in [6.07, 6.45) is -0.214. The molecule has 0 saturated carbocycles. The number of hydrogen-bond donors (Lipinski definition) is 2. The smallest absolute Gasteiger partial charge is 0.321 e. The van der Waals surface area contributed by atoms with E-state index in [0.29, 0.717) is 5.69 Å². The van der Waals surface area contributed by atoms with E-state index in [0.717, 1.165) is 12.0 Å². The first kappa shape index (κ1) is 21.6. The first-order chi connectivity index (χ1) is 13.1. The summed E-state index contributed by atoms with van der Waals surface area (Å²) in [6, 6.07) is 7.28. The zero-order valence-electron chi connectivity index (χ0n) is 16.1. The maximum atomic E-state index is 12.3. The van der Waals surface area contributed by atoms with Gasteiger partial charge in [-0.1, -0.05) is 24.2 Å². The number of amides is 1. The van der Waals surface area contributed by atoms with Gasteiger partial charge in [-0.15, -0.1) is 0 Å². The van der Waals surface area contributed by atoms with E-state index in [1.165, 1.54) is 20.8 Å². The average Bonchev–Trinajstić information content (AvgIpc) is 2.99. The molecule has 2 aromatic rings. The fourth-order valence-electron chi connectivity index (χ4n) is 2.44. The fourth-order valence-corrected chi connectivity index (χ4v) is 3.74. The number of ether oxygens (including phenoxy) is 1. The molecule has 2 rings (SSSR count). The summed E-state index contributed by atoms with van der Waals surface area (Å²) in [5.41, 5.74) is 1.88. The summed E-state index contributed by atoms with van der Waals surface area (Å²) < 4.78 is 36.4. The van der Waals surface area contributed by atoms with Gasteiger partial charge in [-0.3, -0.25) is 9.59 Å². The SMILES string of the molecule is CCc1ccc(NC(=O)[C@H](C)OC(=O)CNS(=O)(=O)c2c(C)noc2C)cc1. The molecule has 2 N–H and O–H groups in total. The molecule has 0 radical (unpaired) electrons. The van der Waals surface area contributed by atoms with Gasteiger partial charge in [0.1, 0.15) is 17.1 Å². The molecule has 28 heavy (non-hydrogen) atoms. The van der Waals surface area contributed by atoms with E-state index >= 15 is 0 Å². The van der Waals surface area contributed by atoms with Crippen molar-refractivity contribution in [2.24, 2.45) is 0 Å². The van der Waals surface area contributed by atoms with E-state index in [4.69, 9.17) is 9.26 Å². The van der Waals surface area contributed by atoms with Crippen molar-refractivity contribution in [3.63, 3.8) is 0 Å². The Morgan fingerprint density at radius 3 is 2.39 bits per heavy atom. The highest BCUT2D eigenvalue weighted by molar-refractivity contribution is 7.89. The highest BCUT2D eigenvalue weighted by Gasteiger charge is 2.26. The number of rotatable bonds is 8. The molecule has 9 nitrogen and oxygen atoms in total. The van der Waals surface area contributed by atoms with Gasteiger partial charge in [0.05, 0.1) is 0 Å². The Morgan fingerprint density at radius 1 is 1.21 bits per heavy atom. The molecule has 0 spiro atoms. The Kier molecular flexibility index (Phi) is 6.92. The molecule has 1 atom stereocenters. The van der Waals surface area contributed by atoms with Crippen LogP contribution >= 0.6 is 0 Å². The van der Waals surface area contributed by atoms with E-state index in [1.807, 2.05) is 19.1 Å². The third-order valence-corrected chi connectivity index (χ3v) is 5.60. The summed E-state index contributed by atoms with van der Waals surface area (Å²) in [7, 11) is -3.99. The largest absolute Gasteiger partial charge is 0.452 e. The van der Waals surface area contributed by atoms with Crippen LogP contribution < -0.4 is 10.0 Å². The van der Waals surface area contributed by atoms with Crippen molar-refractivity contribution in [3.8, 4) is 0 Å². The van der Waals surface area contributed by atoms with Crippen LogP contribution in [0.5, 0.6) is 0 Å². The second kappa shape index (κ2) is 8.98. The molecule has 0 bridgehead atoms. The number of hydrogen-bond acceptors (Lipinski definition) is 7. The number of nitrogens with zero attached hydrogens (tertiary/aromatic N) is 1. The van der Waals surface area contributed by atoms with Crippen LogP contribution in [-0.2, 0) is 30.8 Å². The molecule has 1 aromatic carbocycles. The highest BCUT2D eigenvalue weighted by Crippen LogP contribution is 2.18. The Hall–Kier alpha value is -2.72. The topological polar surface area (TPSA) is 128 Å². The summed E-state index contributed by atoms with van der Waals surface area (Å²) in [5.74, 6) is -1.30. The molecule has 1 amide bonds. The number of carbonyl (C=O) groups excluding carboxylic acids is 2. The standard InChI is InChI=1S/C18H23N3O6S/c1-5-14-6-8-15(9-7-14)20-18(23)13(4)26-16(22)10-19-28(24,25)17-11(2)21-27-12(17)3/h6-9,13,19H,5,10H2,1-4H3,(H,20,23)/t13-/m0/s1. The third-order valence-electron chi connectivity index (χ3n) is 3.95. The van der Waals surface area contributed by atoms with E-state index in [2.05, 4.69) is 15.2 Å². The lowest BCUT2D eigenvalue weighted by molar-refractivity contribution is -0.151. The van der Waals surface area contributed by atoms with Gasteiger partial charge in [-0.25, -0.2) is 8.42 Å². The van der Waals surface area contributed by atoms with Gasteiger partial charge in [0.2, 0.25) is 10.0 Å². The number of nitrogens with one attached hydrogen (secondary N) is 2. The van der Waals surface area contributed by atoms with Crippen molar-refractivity contribution in [2.45, 2.75) is 45.1 Å². The Labute approximate surface area is 163 Å². The summed E-state index contributed by atoms with van der Waals surface area (Å²) in [6.45, 7) is 5.72. The van der Waals surface area contributed by atoms with E-state index in [9.17, 15) is 18.0 Å². The van der Waals surface area contributed by atoms with Crippen LogP contribution in [0.15, 0.2) is 33.7 Å². The lowest BCUT2D eigenvalue weighted by atomic mass is 10.1. The Bertz CT molecular complexity index is 931. The average molecular weight is 409 g/mol. The third kappa shape index (κ3) is 5.40. The van der Waals surface area contributed by atoms with Crippen LogP contribution in [0.3, 0.4) is 0 Å². The molecule has 1 heterocycles. The van der Waals surface area contributed by atoms with Gasteiger partial charge < -0.3 is 14.6 Å². The second-order valence-corrected chi connectivity index (χ2v) is 7.85. The molecular weight excluding hydrogens is 386 g/mol. The second-order valence-electron chi connectivity index (χ2n) is 6.15. The minimum Gasteiger partial charge on any atom is -0.452 e. The molecule has 0 aliphatic carbocycles. The zero-order chi connectivity index (χ0) is 20.9. The first-order valence-electron chi connectivity index (χ1n) is 8.66. The first-order valence-corrected chi connectivity index (χ1v) is 10.1. The maximum absolute atomic E-state index is 12.3. The number of carbonyl (C=O) groups is 2. The fraction of sp³-hybridized carbons (Fsp3) is 0.389. The Morgan fingerprint density at radius 2 is 1.86 bits per heavy atom. The van der Waals surface area contributed by atoms with Gasteiger partial charge >= 0.3 is 5.97 Å². The highest BCUT2D eigenvalue weighted by atomic mass is 32.2. The number of benzene rings is 1. The van der Waals surface area contributed by atoms with Gasteiger partial charge in [0, 0.05) is 5.69 Å². The molecule has 0 fully saturated rings. The maximum Gasteiger partial charge on any atom is 0.321 e. The molecule has 0 aliphatic rings. The van der Waals surface area contributed by atoms with Gasteiger partial charge in [0.25, 0.3) is 5.91 Å². The van der Waals surface area contributed by atoms with Crippen molar-refractivity contribution >= 4 is 27.6 Å². The lowest BCUT2D eigenvalue weighted by Crippen LogP contribution is -2.36. The van der Waals surface area contributed by atoms with Crippen molar-refractivity contribution in [1.29, 1.82) is 0 Å². The zero-order valence-corrected chi connectivity index (χ0v) is 16.9. The van der Waals surface area contributed by atoms with Crippen molar-refractivity contribution in [1.82, 2.24) is 9.88 Å². The normalized spacial score (nSPS) is 12.4. The minimum atomic E-state index is -3.99. The van der Waals surface area contributed by atoms with Crippen molar-refractivity contribution in [2.75, 3.05) is 11.9 Å². The van der Waals surface area contributed by atoms with Crippen LogP contribution in [-0.4, -0.2) is 38.1 Å². The summed E-state index contributed by atoms with van der Waals surface area (Å²) in [4.78, 5) is 23.9. The molecule has 10 heteroatoms. The van der Waals surface area contributed by atoms with Crippen LogP contribution in [0.2, 0.25) is 0 Å². The number of sulfonamides is 1. The van der Waals surface area contributed by atoms with Crippen molar-refractivity contribution in [3.05, 3.63) is 41.3 Å². The van der Waals surface area contributed by atoms with Gasteiger partial charge in [-0.2, -0.15) is 4.72 Å². The number of anilines is 1. The van der Waals surface area contributed by atoms with Crippen LogP contribution in [0.4, 0.5) is 5.69 Å². The lowest BCUT2D eigenvalue weighted by Gasteiger charge is -2.14. The monoisotopic (exact) mass is 409 g/mol. The molecule has 1 aromatic heterocycles. The van der Waals surface area contributed by atoms with Crippen LogP contribution in [0, 0.1) is 13.8 Å². The minimum absolute atomic E-state index is 0.111. The number of aryl methyl sites for hydroxylation is 3. The van der Waals surface area contributed by atoms with Gasteiger partial charge in [0.15, 0.2) is 11.9 Å². The Balaban J connectivity index is 1.88. The van der Waals surface area contributed by atoms with Crippen LogP contribution in [0.1, 0.15) is 30.9 Å². The number of esters is 1. The van der Waals surface area contributed by atoms with Crippen molar-refractivity contribution < 1.29 is 27.3 Å². The van der Waals surface area contributed by atoms with E-state index < -0.39 is 34.5 Å². The van der Waals surface area contributed by atoms with Crippen LogP contribution in [0.25, 0.3) is 0 Å². The quantitative estimate of drug-likeness (QED) is 0.635. The molecule has 0 saturated heterocycles. The molecule has 0 aliphatic heterocycles. The molecule has 152 valence electrons. The van der Waals surface area contributed by atoms with Gasteiger partial charge in [-0.05, 0) is 44.9 Å². The number of aromatic nitrogens is 1. The van der Waals surface area contributed by atoms with E-state index in [1.54, 1.807) is 12.1 Å². The predicted molar refractivity (Wildman–Crippen MR) is 101 cm³/mol. The predicted octanol–water partition coefficient (Wildman–Crippen LogP) is 1.70. The van der Waals surface area contributed by atoms with E-state index in [-0.39, 0.29) is 16.3 Å².